The fraction of sp³-hybridized carbons (Fsp3) is 0.692. The molecule has 0 saturated carbocycles. The zero-order valence-electron chi connectivity index (χ0n) is 9.93. The highest BCUT2D eigenvalue weighted by atomic mass is 32.1. The normalized spacial score (nSPS) is 24.5. The Morgan fingerprint density at radius 2 is 2.44 bits per heavy atom. The molecule has 1 N–H and O–H groups in total. The van der Waals surface area contributed by atoms with Gasteiger partial charge in [0.1, 0.15) is 0 Å². The first-order valence-corrected chi connectivity index (χ1v) is 7.13. The molecular formula is C13H21NOS. The van der Waals surface area contributed by atoms with Gasteiger partial charge in [0.25, 0.3) is 0 Å². The number of hydrogen-bond acceptors (Lipinski definition) is 3. The predicted molar refractivity (Wildman–Crippen MR) is 68.7 cm³/mol. The van der Waals surface area contributed by atoms with Crippen LogP contribution in [-0.2, 0) is 6.54 Å². The van der Waals surface area contributed by atoms with Gasteiger partial charge in [-0.05, 0) is 55.1 Å². The highest BCUT2D eigenvalue weighted by molar-refractivity contribution is 7.07. The maximum Gasteiger partial charge on any atom is 0.0527 e. The van der Waals surface area contributed by atoms with E-state index in [0.29, 0.717) is 6.04 Å². The Hall–Kier alpha value is -0.380. The van der Waals surface area contributed by atoms with Crippen molar-refractivity contribution in [1.82, 2.24) is 4.90 Å². The van der Waals surface area contributed by atoms with Crippen LogP contribution >= 0.6 is 11.3 Å². The molecule has 1 aromatic heterocycles. The molecule has 2 unspecified atom stereocenters. The second kappa shape index (κ2) is 5.80. The van der Waals surface area contributed by atoms with Crippen molar-refractivity contribution in [3.8, 4) is 0 Å². The second-order valence-corrected chi connectivity index (χ2v) is 5.62. The van der Waals surface area contributed by atoms with Crippen LogP contribution in [0.1, 0.15) is 38.2 Å². The van der Waals surface area contributed by atoms with Gasteiger partial charge in [-0.25, -0.2) is 0 Å². The van der Waals surface area contributed by atoms with Gasteiger partial charge in [-0.1, -0.05) is 6.42 Å². The van der Waals surface area contributed by atoms with Crippen LogP contribution < -0.4 is 0 Å². The van der Waals surface area contributed by atoms with Crippen LogP contribution in [-0.4, -0.2) is 28.7 Å². The summed E-state index contributed by atoms with van der Waals surface area (Å²) in [6.07, 6.45) is 4.62. The van der Waals surface area contributed by atoms with E-state index in [0.717, 1.165) is 13.0 Å². The van der Waals surface area contributed by atoms with Gasteiger partial charge in [0.2, 0.25) is 0 Å². The summed E-state index contributed by atoms with van der Waals surface area (Å²) < 4.78 is 0. The zero-order chi connectivity index (χ0) is 11.4. The molecule has 2 heterocycles. The smallest absolute Gasteiger partial charge is 0.0527 e. The molecule has 16 heavy (non-hydrogen) atoms. The van der Waals surface area contributed by atoms with E-state index in [9.17, 15) is 5.11 Å². The van der Waals surface area contributed by atoms with E-state index < -0.39 is 0 Å². The lowest BCUT2D eigenvalue weighted by Crippen LogP contribution is -2.40. The summed E-state index contributed by atoms with van der Waals surface area (Å²) in [5.74, 6) is 0. The number of aliphatic hydroxyl groups is 1. The van der Waals surface area contributed by atoms with Gasteiger partial charge < -0.3 is 5.11 Å². The number of rotatable bonds is 4. The Morgan fingerprint density at radius 3 is 3.12 bits per heavy atom. The number of likely N-dealkylation sites (tertiary alicyclic amines) is 1. The van der Waals surface area contributed by atoms with E-state index in [1.807, 2.05) is 6.92 Å². The SMILES string of the molecule is CC(O)CC1CCCCN1Cc1ccsc1. The highest BCUT2D eigenvalue weighted by Crippen LogP contribution is 2.23. The quantitative estimate of drug-likeness (QED) is 0.873. The fourth-order valence-electron chi connectivity index (χ4n) is 2.55. The van der Waals surface area contributed by atoms with Gasteiger partial charge in [-0.15, -0.1) is 0 Å². The first kappa shape index (κ1) is 12.1. The lowest BCUT2D eigenvalue weighted by atomic mass is 9.97. The Kier molecular flexibility index (Phi) is 4.38. The molecule has 2 rings (SSSR count). The first-order valence-electron chi connectivity index (χ1n) is 6.19. The number of nitrogens with zero attached hydrogens (tertiary/aromatic N) is 1. The standard InChI is InChI=1S/C13H21NOS/c1-11(15)8-13-4-2-3-6-14(13)9-12-5-7-16-10-12/h5,7,10-11,13,15H,2-4,6,8-9H2,1H3. The van der Waals surface area contributed by atoms with E-state index in [1.165, 1.54) is 31.4 Å². The predicted octanol–water partition coefficient (Wildman–Crippen LogP) is 2.87. The topological polar surface area (TPSA) is 23.5 Å². The van der Waals surface area contributed by atoms with Crippen LogP contribution in [0.5, 0.6) is 0 Å². The average Bonchev–Trinajstić information content (AvgIpc) is 2.73. The van der Waals surface area contributed by atoms with Crippen molar-refractivity contribution in [2.45, 2.75) is 51.3 Å². The third kappa shape index (κ3) is 3.30. The van der Waals surface area contributed by atoms with E-state index in [-0.39, 0.29) is 6.10 Å². The molecule has 2 atom stereocenters. The third-order valence-electron chi connectivity index (χ3n) is 3.33. The third-order valence-corrected chi connectivity index (χ3v) is 4.06. The van der Waals surface area contributed by atoms with Gasteiger partial charge in [0.05, 0.1) is 6.10 Å². The van der Waals surface area contributed by atoms with Crippen molar-refractivity contribution in [3.63, 3.8) is 0 Å². The van der Waals surface area contributed by atoms with E-state index in [2.05, 4.69) is 21.7 Å². The molecule has 0 radical (unpaired) electrons. The van der Waals surface area contributed by atoms with Crippen molar-refractivity contribution in [2.24, 2.45) is 0 Å². The van der Waals surface area contributed by atoms with Crippen molar-refractivity contribution in [3.05, 3.63) is 22.4 Å². The molecule has 90 valence electrons. The Labute approximate surface area is 102 Å². The van der Waals surface area contributed by atoms with E-state index in [1.54, 1.807) is 11.3 Å². The van der Waals surface area contributed by atoms with Gasteiger partial charge in [0.15, 0.2) is 0 Å². The summed E-state index contributed by atoms with van der Waals surface area (Å²) in [5, 5.41) is 13.9. The van der Waals surface area contributed by atoms with Crippen molar-refractivity contribution < 1.29 is 5.11 Å². The summed E-state index contributed by atoms with van der Waals surface area (Å²) in [6, 6.07) is 2.78. The number of piperidine rings is 1. The van der Waals surface area contributed by atoms with Gasteiger partial charge in [-0.2, -0.15) is 11.3 Å². The van der Waals surface area contributed by atoms with Crippen LogP contribution in [0.15, 0.2) is 16.8 Å². The molecule has 0 bridgehead atoms. The molecular weight excluding hydrogens is 218 g/mol. The minimum atomic E-state index is -0.173. The van der Waals surface area contributed by atoms with Crippen molar-refractivity contribution >= 4 is 11.3 Å². The maximum absolute atomic E-state index is 9.52. The molecule has 1 fully saturated rings. The molecule has 0 spiro atoms. The second-order valence-electron chi connectivity index (χ2n) is 4.84. The fourth-order valence-corrected chi connectivity index (χ4v) is 3.21. The van der Waals surface area contributed by atoms with Crippen molar-refractivity contribution in [2.75, 3.05) is 6.54 Å². The van der Waals surface area contributed by atoms with Crippen molar-refractivity contribution in [1.29, 1.82) is 0 Å². The molecule has 0 aromatic carbocycles. The zero-order valence-corrected chi connectivity index (χ0v) is 10.7. The molecule has 1 aliphatic rings. The molecule has 1 aliphatic heterocycles. The largest absolute Gasteiger partial charge is 0.393 e. The lowest BCUT2D eigenvalue weighted by Gasteiger charge is -2.36. The minimum Gasteiger partial charge on any atom is -0.393 e. The lowest BCUT2D eigenvalue weighted by molar-refractivity contribution is 0.0819. The van der Waals surface area contributed by atoms with E-state index in [4.69, 9.17) is 0 Å². The summed E-state index contributed by atoms with van der Waals surface area (Å²) in [5.41, 5.74) is 1.42. The van der Waals surface area contributed by atoms with Crippen LogP contribution in [0.3, 0.4) is 0 Å². The van der Waals surface area contributed by atoms with Crippen LogP contribution in [0.4, 0.5) is 0 Å². The van der Waals surface area contributed by atoms with Crippen LogP contribution in [0, 0.1) is 0 Å². The van der Waals surface area contributed by atoms with Crippen LogP contribution in [0.2, 0.25) is 0 Å². The van der Waals surface area contributed by atoms with Gasteiger partial charge >= 0.3 is 0 Å². The molecule has 0 amide bonds. The number of hydrogen-bond donors (Lipinski definition) is 1. The average molecular weight is 239 g/mol. The summed E-state index contributed by atoms with van der Waals surface area (Å²) in [4.78, 5) is 2.54. The summed E-state index contributed by atoms with van der Waals surface area (Å²) in [7, 11) is 0. The van der Waals surface area contributed by atoms with Gasteiger partial charge in [0, 0.05) is 12.6 Å². The minimum absolute atomic E-state index is 0.173. The Morgan fingerprint density at radius 1 is 1.56 bits per heavy atom. The molecule has 1 aromatic rings. The molecule has 2 nitrogen and oxygen atoms in total. The maximum atomic E-state index is 9.52. The molecule has 1 saturated heterocycles. The van der Waals surface area contributed by atoms with Crippen LogP contribution in [0.25, 0.3) is 0 Å². The molecule has 0 aliphatic carbocycles. The summed E-state index contributed by atoms with van der Waals surface area (Å²) >= 11 is 1.77. The number of aliphatic hydroxyl groups excluding tert-OH is 1. The first-order chi connectivity index (χ1) is 7.75. The highest BCUT2D eigenvalue weighted by Gasteiger charge is 2.23. The summed E-state index contributed by atoms with van der Waals surface area (Å²) in [6.45, 7) is 4.14. The Balaban J connectivity index is 1.93. The number of thiophene rings is 1. The van der Waals surface area contributed by atoms with Gasteiger partial charge in [-0.3, -0.25) is 4.90 Å². The van der Waals surface area contributed by atoms with E-state index >= 15 is 0 Å². The monoisotopic (exact) mass is 239 g/mol. The molecule has 3 heteroatoms. The Bertz CT molecular complexity index is 297.